The number of aromatic nitrogens is 3. The molecule has 1 N–H and O–H groups in total. The summed E-state index contributed by atoms with van der Waals surface area (Å²) < 4.78 is 12.6. The Hall–Kier alpha value is -2.85. The van der Waals surface area contributed by atoms with Gasteiger partial charge in [0.2, 0.25) is 0 Å². The lowest BCUT2D eigenvalue weighted by molar-refractivity contribution is -0.118. The lowest BCUT2D eigenvalue weighted by Gasteiger charge is -2.10. The van der Waals surface area contributed by atoms with E-state index in [0.717, 1.165) is 10.4 Å². The van der Waals surface area contributed by atoms with Crippen molar-refractivity contribution in [1.82, 2.24) is 20.2 Å². The van der Waals surface area contributed by atoms with Crippen molar-refractivity contribution in [2.45, 2.75) is 25.5 Å². The number of ether oxygens (including phenoxy) is 2. The molecule has 0 fully saturated rings. The molecule has 2 aromatic heterocycles. The van der Waals surface area contributed by atoms with Gasteiger partial charge < -0.3 is 14.0 Å². The number of carbonyl (C=O) groups is 1. The molecule has 0 aliphatic carbocycles. The van der Waals surface area contributed by atoms with Crippen molar-refractivity contribution in [3.05, 3.63) is 40.1 Å². The standard InChI is InChI=1S/C20H23N5O3S2/c1-5-25-19(14-7-9-16(27-3)17(10-14)28-4)23-24-20(25)29-12-18(26)22-21-11-15-8-6-13(2)30-15/h6-11H,5,12H2,1-4H3,(H,22,26)/b21-11+. The molecule has 8 nitrogen and oxygen atoms in total. The zero-order chi connectivity index (χ0) is 21.5. The zero-order valence-electron chi connectivity index (χ0n) is 17.2. The topological polar surface area (TPSA) is 90.6 Å². The molecular weight excluding hydrogens is 422 g/mol. The van der Waals surface area contributed by atoms with Gasteiger partial charge in [0, 0.05) is 21.9 Å². The summed E-state index contributed by atoms with van der Waals surface area (Å²) in [4.78, 5) is 14.3. The maximum Gasteiger partial charge on any atom is 0.250 e. The minimum Gasteiger partial charge on any atom is -0.493 e. The predicted octanol–water partition coefficient (Wildman–Crippen LogP) is 3.59. The van der Waals surface area contributed by atoms with E-state index < -0.39 is 0 Å². The van der Waals surface area contributed by atoms with Gasteiger partial charge in [0.05, 0.1) is 26.2 Å². The summed E-state index contributed by atoms with van der Waals surface area (Å²) in [7, 11) is 3.19. The van der Waals surface area contributed by atoms with Gasteiger partial charge in [-0.05, 0) is 44.2 Å². The second-order valence-electron chi connectivity index (χ2n) is 6.15. The van der Waals surface area contributed by atoms with Gasteiger partial charge in [-0.2, -0.15) is 5.10 Å². The number of amides is 1. The lowest BCUT2D eigenvalue weighted by atomic mass is 10.2. The van der Waals surface area contributed by atoms with Crippen LogP contribution in [0.1, 0.15) is 16.7 Å². The van der Waals surface area contributed by atoms with Gasteiger partial charge in [-0.3, -0.25) is 4.79 Å². The van der Waals surface area contributed by atoms with Gasteiger partial charge in [0.15, 0.2) is 22.5 Å². The van der Waals surface area contributed by atoms with Crippen LogP contribution in [0, 0.1) is 6.92 Å². The number of thiophene rings is 1. The molecule has 0 aliphatic heterocycles. The molecule has 1 aromatic carbocycles. The predicted molar refractivity (Wildman–Crippen MR) is 120 cm³/mol. The Morgan fingerprint density at radius 3 is 2.70 bits per heavy atom. The third-order valence-electron chi connectivity index (χ3n) is 4.15. The van der Waals surface area contributed by atoms with Gasteiger partial charge in [-0.15, -0.1) is 21.5 Å². The molecule has 0 saturated heterocycles. The van der Waals surface area contributed by atoms with Crippen LogP contribution in [0.15, 0.2) is 40.6 Å². The Bertz CT molecular complexity index is 1040. The number of hydrogen-bond donors (Lipinski definition) is 1. The molecule has 0 aliphatic rings. The van der Waals surface area contributed by atoms with Crippen LogP contribution < -0.4 is 14.9 Å². The molecule has 0 radical (unpaired) electrons. The molecule has 158 valence electrons. The second kappa shape index (κ2) is 10.3. The first-order valence-corrected chi connectivity index (χ1v) is 11.0. The molecule has 10 heteroatoms. The number of nitrogens with one attached hydrogen (secondary N) is 1. The van der Waals surface area contributed by atoms with E-state index in [1.54, 1.807) is 31.8 Å². The lowest BCUT2D eigenvalue weighted by Crippen LogP contribution is -2.19. The maximum absolute atomic E-state index is 12.1. The Kier molecular flexibility index (Phi) is 7.47. The molecule has 1 amide bonds. The van der Waals surface area contributed by atoms with Crippen LogP contribution in [-0.4, -0.2) is 46.9 Å². The Labute approximate surface area is 183 Å². The minimum absolute atomic E-state index is 0.185. The molecule has 2 heterocycles. The summed E-state index contributed by atoms with van der Waals surface area (Å²) in [6.45, 7) is 4.69. The molecule has 0 saturated carbocycles. The van der Waals surface area contributed by atoms with E-state index in [1.807, 2.05) is 48.7 Å². The van der Waals surface area contributed by atoms with E-state index in [4.69, 9.17) is 9.47 Å². The molecule has 0 atom stereocenters. The third-order valence-corrected chi connectivity index (χ3v) is 6.05. The molecule has 3 rings (SSSR count). The monoisotopic (exact) mass is 445 g/mol. The minimum atomic E-state index is -0.206. The molecule has 30 heavy (non-hydrogen) atoms. The van der Waals surface area contributed by atoms with Gasteiger partial charge in [-0.25, -0.2) is 5.43 Å². The van der Waals surface area contributed by atoms with E-state index in [0.29, 0.717) is 29.0 Å². The highest BCUT2D eigenvalue weighted by Gasteiger charge is 2.16. The SMILES string of the molecule is CCn1c(SCC(=O)N/N=C/c2ccc(C)s2)nnc1-c1ccc(OC)c(OC)c1. The van der Waals surface area contributed by atoms with Crippen molar-refractivity contribution < 1.29 is 14.3 Å². The summed E-state index contributed by atoms with van der Waals surface area (Å²) in [5.74, 6) is 1.95. The Morgan fingerprint density at radius 2 is 2.03 bits per heavy atom. The van der Waals surface area contributed by atoms with Crippen LogP contribution in [0.25, 0.3) is 11.4 Å². The van der Waals surface area contributed by atoms with Crippen molar-refractivity contribution >= 4 is 35.2 Å². The highest BCUT2D eigenvalue weighted by Crippen LogP contribution is 2.32. The second-order valence-corrected chi connectivity index (χ2v) is 8.41. The zero-order valence-corrected chi connectivity index (χ0v) is 18.8. The highest BCUT2D eigenvalue weighted by atomic mass is 32.2. The van der Waals surface area contributed by atoms with Gasteiger partial charge in [0.25, 0.3) is 5.91 Å². The largest absolute Gasteiger partial charge is 0.493 e. The first-order valence-electron chi connectivity index (χ1n) is 9.22. The Morgan fingerprint density at radius 1 is 1.23 bits per heavy atom. The number of rotatable bonds is 9. The number of aryl methyl sites for hydroxylation is 1. The number of nitrogens with zero attached hydrogens (tertiary/aromatic N) is 4. The highest BCUT2D eigenvalue weighted by molar-refractivity contribution is 7.99. The van der Waals surface area contributed by atoms with Crippen LogP contribution in [-0.2, 0) is 11.3 Å². The third kappa shape index (κ3) is 5.19. The van der Waals surface area contributed by atoms with E-state index in [9.17, 15) is 4.79 Å². The average molecular weight is 446 g/mol. The Balaban J connectivity index is 1.65. The van der Waals surface area contributed by atoms with E-state index in [2.05, 4.69) is 20.7 Å². The fourth-order valence-electron chi connectivity index (χ4n) is 2.72. The summed E-state index contributed by atoms with van der Waals surface area (Å²) in [5, 5.41) is 13.2. The normalized spacial score (nSPS) is 11.1. The van der Waals surface area contributed by atoms with E-state index in [-0.39, 0.29) is 11.7 Å². The number of benzene rings is 1. The number of thioether (sulfide) groups is 1. The van der Waals surface area contributed by atoms with Crippen LogP contribution in [0.2, 0.25) is 0 Å². The van der Waals surface area contributed by atoms with Gasteiger partial charge >= 0.3 is 0 Å². The number of carbonyl (C=O) groups excluding carboxylic acids is 1. The fraction of sp³-hybridized carbons (Fsp3) is 0.300. The summed E-state index contributed by atoms with van der Waals surface area (Å²) >= 11 is 2.93. The van der Waals surface area contributed by atoms with Crippen molar-refractivity contribution in [2.75, 3.05) is 20.0 Å². The van der Waals surface area contributed by atoms with Crippen LogP contribution in [0.5, 0.6) is 11.5 Å². The van der Waals surface area contributed by atoms with Crippen molar-refractivity contribution in [3.8, 4) is 22.9 Å². The van der Waals surface area contributed by atoms with Crippen LogP contribution in [0.3, 0.4) is 0 Å². The summed E-state index contributed by atoms with van der Waals surface area (Å²) in [5.41, 5.74) is 3.40. The average Bonchev–Trinajstić information content (AvgIpc) is 3.37. The van der Waals surface area contributed by atoms with Gasteiger partial charge in [0.1, 0.15) is 0 Å². The number of hydrogen-bond acceptors (Lipinski definition) is 8. The van der Waals surface area contributed by atoms with Crippen molar-refractivity contribution in [3.63, 3.8) is 0 Å². The van der Waals surface area contributed by atoms with E-state index >= 15 is 0 Å². The van der Waals surface area contributed by atoms with Crippen LogP contribution in [0.4, 0.5) is 0 Å². The molecule has 0 spiro atoms. The smallest absolute Gasteiger partial charge is 0.250 e. The molecule has 0 unspecified atom stereocenters. The fourth-order valence-corrected chi connectivity index (χ4v) is 4.27. The van der Waals surface area contributed by atoms with Crippen LogP contribution >= 0.6 is 23.1 Å². The van der Waals surface area contributed by atoms with E-state index in [1.165, 1.54) is 16.6 Å². The summed E-state index contributed by atoms with van der Waals surface area (Å²) in [6, 6.07) is 9.56. The number of hydrazone groups is 1. The van der Waals surface area contributed by atoms with Crippen molar-refractivity contribution in [2.24, 2.45) is 5.10 Å². The first kappa shape index (κ1) is 21.8. The first-order chi connectivity index (χ1) is 14.5. The quantitative estimate of drug-likeness (QED) is 0.307. The van der Waals surface area contributed by atoms with Gasteiger partial charge in [-0.1, -0.05) is 11.8 Å². The molecular formula is C20H23N5O3S2. The van der Waals surface area contributed by atoms with Crippen molar-refractivity contribution in [1.29, 1.82) is 0 Å². The molecule has 3 aromatic rings. The number of methoxy groups -OCH3 is 2. The molecule has 0 bridgehead atoms. The maximum atomic E-state index is 12.1. The summed E-state index contributed by atoms with van der Waals surface area (Å²) in [6.07, 6.45) is 1.64.